The van der Waals surface area contributed by atoms with Gasteiger partial charge >= 0.3 is 11.9 Å². The molecule has 0 aromatic heterocycles. The van der Waals surface area contributed by atoms with Crippen molar-refractivity contribution >= 4 is 11.9 Å². The van der Waals surface area contributed by atoms with Crippen molar-refractivity contribution in [3.63, 3.8) is 0 Å². The molecule has 0 unspecified atom stereocenters. The smallest absolute Gasteiger partial charge is 0.317 e. The third-order valence-electron chi connectivity index (χ3n) is 3.90. The molecule has 2 N–H and O–H groups in total. The average molecular weight is 306 g/mol. The lowest BCUT2D eigenvalue weighted by Crippen LogP contribution is -2.23. The van der Waals surface area contributed by atoms with E-state index in [0.717, 1.165) is 25.7 Å². The quantitative estimate of drug-likeness (QED) is 0.449. The van der Waals surface area contributed by atoms with Crippen molar-refractivity contribution < 1.29 is 19.8 Å². The van der Waals surface area contributed by atoms with Crippen LogP contribution in [0.15, 0.2) is 30.3 Å². The summed E-state index contributed by atoms with van der Waals surface area (Å²) in [7, 11) is 0. The summed E-state index contributed by atoms with van der Waals surface area (Å²) in [4.78, 5) is 21.4. The monoisotopic (exact) mass is 306 g/mol. The van der Waals surface area contributed by atoms with Crippen LogP contribution < -0.4 is 0 Å². The Morgan fingerprint density at radius 1 is 0.773 bits per heavy atom. The molecule has 0 aliphatic rings. The maximum atomic E-state index is 10.7. The van der Waals surface area contributed by atoms with Crippen molar-refractivity contribution in [3.05, 3.63) is 35.9 Å². The summed E-state index contributed by atoms with van der Waals surface area (Å²) in [5.74, 6) is -3.70. The molecule has 4 heteroatoms. The Hall–Kier alpha value is -1.84. The molecule has 0 aliphatic heterocycles. The number of benzene rings is 1. The second-order valence-electron chi connectivity index (χ2n) is 5.73. The first-order chi connectivity index (χ1) is 10.6. The number of rotatable bonds is 12. The first-order valence-corrected chi connectivity index (χ1v) is 8.11. The molecule has 0 heterocycles. The zero-order valence-electron chi connectivity index (χ0n) is 13.0. The van der Waals surface area contributed by atoms with E-state index in [1.165, 1.54) is 24.8 Å². The zero-order valence-corrected chi connectivity index (χ0v) is 13.0. The van der Waals surface area contributed by atoms with Crippen molar-refractivity contribution in [1.82, 2.24) is 0 Å². The van der Waals surface area contributed by atoms with Crippen LogP contribution in [0.3, 0.4) is 0 Å². The van der Waals surface area contributed by atoms with E-state index in [9.17, 15) is 9.59 Å². The molecule has 0 bridgehead atoms. The minimum atomic E-state index is -1.24. The van der Waals surface area contributed by atoms with Gasteiger partial charge in [-0.2, -0.15) is 0 Å². The van der Waals surface area contributed by atoms with E-state index in [4.69, 9.17) is 10.2 Å². The molecular weight excluding hydrogens is 280 g/mol. The Bertz CT molecular complexity index is 428. The van der Waals surface area contributed by atoms with Crippen LogP contribution in [0.5, 0.6) is 0 Å². The van der Waals surface area contributed by atoms with Crippen LogP contribution in [0.4, 0.5) is 0 Å². The van der Waals surface area contributed by atoms with Gasteiger partial charge in [0.15, 0.2) is 5.92 Å². The van der Waals surface area contributed by atoms with Gasteiger partial charge in [0.1, 0.15) is 0 Å². The summed E-state index contributed by atoms with van der Waals surface area (Å²) >= 11 is 0. The topological polar surface area (TPSA) is 74.6 Å². The molecule has 22 heavy (non-hydrogen) atoms. The van der Waals surface area contributed by atoms with Gasteiger partial charge in [0.2, 0.25) is 0 Å². The number of carboxylic acid groups (broad SMARTS) is 2. The number of hydrogen-bond donors (Lipinski definition) is 2. The summed E-state index contributed by atoms with van der Waals surface area (Å²) in [6.45, 7) is 0. The number of unbranched alkanes of at least 4 members (excludes halogenated alkanes) is 6. The second kappa shape index (κ2) is 10.8. The van der Waals surface area contributed by atoms with Crippen LogP contribution in [0.1, 0.15) is 56.9 Å². The van der Waals surface area contributed by atoms with Crippen LogP contribution >= 0.6 is 0 Å². The fourth-order valence-corrected chi connectivity index (χ4v) is 2.56. The standard InChI is InChI=1S/C18H26O4/c19-17(20)16(18(21)22)14-10-5-3-1-2-4-7-11-15-12-8-6-9-13-15/h6,8-9,12-13,16H,1-5,7,10-11,14H2,(H,19,20)(H,21,22). The summed E-state index contributed by atoms with van der Waals surface area (Å²) in [5, 5.41) is 17.5. The highest BCUT2D eigenvalue weighted by atomic mass is 16.4. The van der Waals surface area contributed by atoms with Crippen LogP contribution in [0.2, 0.25) is 0 Å². The largest absolute Gasteiger partial charge is 0.481 e. The number of hydrogen-bond acceptors (Lipinski definition) is 2. The van der Waals surface area contributed by atoms with Crippen molar-refractivity contribution in [2.75, 3.05) is 0 Å². The lowest BCUT2D eigenvalue weighted by Gasteiger charge is -2.07. The summed E-state index contributed by atoms with van der Waals surface area (Å²) in [5.41, 5.74) is 1.39. The van der Waals surface area contributed by atoms with Crippen molar-refractivity contribution in [3.8, 4) is 0 Å². The third-order valence-corrected chi connectivity index (χ3v) is 3.90. The third kappa shape index (κ3) is 7.81. The van der Waals surface area contributed by atoms with E-state index in [1.807, 2.05) is 6.07 Å². The van der Waals surface area contributed by atoms with Crippen LogP contribution in [-0.4, -0.2) is 22.2 Å². The fraction of sp³-hybridized carbons (Fsp3) is 0.556. The zero-order chi connectivity index (χ0) is 16.2. The Morgan fingerprint density at radius 2 is 1.27 bits per heavy atom. The molecular formula is C18H26O4. The molecule has 0 amide bonds. The minimum Gasteiger partial charge on any atom is -0.481 e. The summed E-state index contributed by atoms with van der Waals surface area (Å²) in [6, 6.07) is 10.5. The predicted octanol–water partition coefficient (Wildman–Crippen LogP) is 4.14. The molecule has 122 valence electrons. The molecule has 4 nitrogen and oxygen atoms in total. The first kappa shape index (κ1) is 18.2. The van der Waals surface area contributed by atoms with Crippen LogP contribution in [-0.2, 0) is 16.0 Å². The molecule has 0 spiro atoms. The van der Waals surface area contributed by atoms with Crippen LogP contribution in [0, 0.1) is 5.92 Å². The van der Waals surface area contributed by atoms with Crippen molar-refractivity contribution in [2.24, 2.45) is 5.92 Å². The summed E-state index contributed by atoms with van der Waals surface area (Å²) < 4.78 is 0. The van der Waals surface area contributed by atoms with Gasteiger partial charge in [0.05, 0.1) is 0 Å². The highest BCUT2D eigenvalue weighted by Crippen LogP contribution is 2.14. The van der Waals surface area contributed by atoms with Gasteiger partial charge in [-0.15, -0.1) is 0 Å². The number of aliphatic carboxylic acids is 2. The number of carbonyl (C=O) groups is 2. The molecule has 0 atom stereocenters. The number of aryl methyl sites for hydroxylation is 1. The Labute approximate surface area is 132 Å². The molecule has 0 aliphatic carbocycles. The highest BCUT2D eigenvalue weighted by molar-refractivity contribution is 5.92. The Balaban J connectivity index is 1.95. The normalized spacial score (nSPS) is 10.8. The van der Waals surface area contributed by atoms with E-state index in [0.29, 0.717) is 6.42 Å². The van der Waals surface area contributed by atoms with Gasteiger partial charge in [-0.05, 0) is 24.8 Å². The van der Waals surface area contributed by atoms with Crippen LogP contribution in [0.25, 0.3) is 0 Å². The van der Waals surface area contributed by atoms with Crippen molar-refractivity contribution in [2.45, 2.75) is 57.8 Å². The average Bonchev–Trinajstić information content (AvgIpc) is 2.49. The van der Waals surface area contributed by atoms with E-state index in [1.54, 1.807) is 0 Å². The maximum absolute atomic E-state index is 10.7. The second-order valence-corrected chi connectivity index (χ2v) is 5.73. The maximum Gasteiger partial charge on any atom is 0.317 e. The first-order valence-electron chi connectivity index (χ1n) is 8.11. The van der Waals surface area contributed by atoms with Crippen molar-refractivity contribution in [1.29, 1.82) is 0 Å². The SMILES string of the molecule is O=C(O)C(CCCCCCCCCc1ccccc1)C(=O)O. The van der Waals surface area contributed by atoms with E-state index >= 15 is 0 Å². The molecule has 0 radical (unpaired) electrons. The predicted molar refractivity (Wildman–Crippen MR) is 85.8 cm³/mol. The molecule has 1 rings (SSSR count). The lowest BCUT2D eigenvalue weighted by molar-refractivity contribution is -0.154. The molecule has 1 aromatic carbocycles. The fourth-order valence-electron chi connectivity index (χ4n) is 2.56. The van der Waals surface area contributed by atoms with Gasteiger partial charge in [-0.1, -0.05) is 68.9 Å². The van der Waals surface area contributed by atoms with Gasteiger partial charge < -0.3 is 10.2 Å². The van der Waals surface area contributed by atoms with Gasteiger partial charge in [0.25, 0.3) is 0 Å². The Morgan fingerprint density at radius 3 is 1.82 bits per heavy atom. The summed E-state index contributed by atoms with van der Waals surface area (Å²) in [6.07, 6.45) is 8.73. The van der Waals surface area contributed by atoms with Gasteiger partial charge in [-0.25, -0.2) is 0 Å². The molecule has 1 aromatic rings. The molecule has 0 saturated heterocycles. The molecule has 0 saturated carbocycles. The highest BCUT2D eigenvalue weighted by Gasteiger charge is 2.24. The molecule has 0 fully saturated rings. The van der Waals surface area contributed by atoms with E-state index < -0.39 is 17.9 Å². The van der Waals surface area contributed by atoms with E-state index in [-0.39, 0.29) is 6.42 Å². The van der Waals surface area contributed by atoms with Gasteiger partial charge in [0, 0.05) is 0 Å². The lowest BCUT2D eigenvalue weighted by atomic mass is 10.00. The number of carboxylic acids is 2. The Kier molecular flexibility index (Phi) is 8.96. The van der Waals surface area contributed by atoms with E-state index in [2.05, 4.69) is 24.3 Å². The van der Waals surface area contributed by atoms with Gasteiger partial charge in [-0.3, -0.25) is 9.59 Å². The minimum absolute atomic E-state index is 0.235.